The van der Waals surface area contributed by atoms with E-state index in [4.69, 9.17) is 15.2 Å². The molecule has 21 heavy (non-hydrogen) atoms. The number of fused-ring (bicyclic) bond motifs is 1. The van der Waals surface area contributed by atoms with Crippen LogP contribution in [0.1, 0.15) is 22.7 Å². The van der Waals surface area contributed by atoms with Crippen molar-refractivity contribution in [2.24, 2.45) is 5.73 Å². The summed E-state index contributed by atoms with van der Waals surface area (Å²) in [5.41, 5.74) is 8.82. The molecule has 1 atom stereocenters. The predicted octanol–water partition coefficient (Wildman–Crippen LogP) is 1.94. The van der Waals surface area contributed by atoms with Crippen LogP contribution in [-0.2, 0) is 0 Å². The van der Waals surface area contributed by atoms with Gasteiger partial charge in [0.15, 0.2) is 0 Å². The number of aryl methyl sites for hydroxylation is 1. The first-order valence-corrected chi connectivity index (χ1v) is 6.42. The number of nitrogens with zero attached hydrogens (tertiary/aromatic N) is 2. The molecular formula is C15H14N4O2. The number of benzene rings is 1. The van der Waals surface area contributed by atoms with E-state index < -0.39 is 0 Å². The van der Waals surface area contributed by atoms with Gasteiger partial charge in [-0.3, -0.25) is 5.10 Å². The Balaban J connectivity index is 2.22. The SMILES string of the molecule is COc1cccc(C2C(C#N)=C(N)Oc3n[nH]c(C)c32)c1. The van der Waals surface area contributed by atoms with Crippen molar-refractivity contribution in [1.82, 2.24) is 10.2 Å². The second-order valence-corrected chi connectivity index (χ2v) is 4.77. The topological polar surface area (TPSA) is 96.9 Å². The van der Waals surface area contributed by atoms with Crippen molar-refractivity contribution in [1.29, 1.82) is 5.26 Å². The van der Waals surface area contributed by atoms with Crippen LogP contribution in [-0.4, -0.2) is 17.3 Å². The van der Waals surface area contributed by atoms with Crippen LogP contribution in [0.2, 0.25) is 0 Å². The van der Waals surface area contributed by atoms with Crippen LogP contribution < -0.4 is 15.2 Å². The minimum Gasteiger partial charge on any atom is -0.497 e. The normalized spacial score (nSPS) is 16.9. The van der Waals surface area contributed by atoms with Crippen molar-refractivity contribution < 1.29 is 9.47 Å². The van der Waals surface area contributed by atoms with Gasteiger partial charge in [0.1, 0.15) is 17.4 Å². The highest BCUT2D eigenvalue weighted by Crippen LogP contribution is 2.42. The highest BCUT2D eigenvalue weighted by atomic mass is 16.5. The van der Waals surface area contributed by atoms with Crippen molar-refractivity contribution >= 4 is 0 Å². The van der Waals surface area contributed by atoms with Gasteiger partial charge in [0.2, 0.25) is 11.8 Å². The molecular weight excluding hydrogens is 268 g/mol. The standard InChI is InChI=1S/C15H14N4O2/c1-8-12-13(9-4-3-5-10(6-9)20-2)11(7-16)14(17)21-15(12)19-18-8/h3-6,13H,17H2,1-2H3,(H,18,19). The van der Waals surface area contributed by atoms with Crippen molar-refractivity contribution in [2.75, 3.05) is 7.11 Å². The first-order valence-electron chi connectivity index (χ1n) is 6.42. The third kappa shape index (κ3) is 1.99. The van der Waals surface area contributed by atoms with Crippen molar-refractivity contribution in [3.05, 3.63) is 52.5 Å². The molecule has 1 aromatic heterocycles. The van der Waals surface area contributed by atoms with Crippen LogP contribution in [0.25, 0.3) is 0 Å². The van der Waals surface area contributed by atoms with Gasteiger partial charge in [-0.2, -0.15) is 5.26 Å². The molecule has 3 rings (SSSR count). The minimum atomic E-state index is -0.312. The van der Waals surface area contributed by atoms with E-state index in [0.29, 0.717) is 11.5 Å². The van der Waals surface area contributed by atoms with Gasteiger partial charge in [0.25, 0.3) is 0 Å². The Hall–Kier alpha value is -2.94. The molecule has 0 spiro atoms. The van der Waals surface area contributed by atoms with Crippen LogP contribution in [0.5, 0.6) is 11.6 Å². The Morgan fingerprint density at radius 3 is 3.00 bits per heavy atom. The fraction of sp³-hybridized carbons (Fsp3) is 0.200. The van der Waals surface area contributed by atoms with E-state index in [1.165, 1.54) is 0 Å². The van der Waals surface area contributed by atoms with E-state index in [0.717, 1.165) is 22.6 Å². The monoisotopic (exact) mass is 282 g/mol. The van der Waals surface area contributed by atoms with Gasteiger partial charge >= 0.3 is 0 Å². The predicted molar refractivity (Wildman–Crippen MR) is 75.6 cm³/mol. The maximum absolute atomic E-state index is 9.44. The number of allylic oxidation sites excluding steroid dienone is 1. The Morgan fingerprint density at radius 2 is 2.29 bits per heavy atom. The van der Waals surface area contributed by atoms with Crippen LogP contribution in [0.3, 0.4) is 0 Å². The smallest absolute Gasteiger partial charge is 0.244 e. The number of aromatic nitrogens is 2. The minimum absolute atomic E-state index is 0.0873. The Morgan fingerprint density at radius 1 is 1.48 bits per heavy atom. The maximum Gasteiger partial charge on any atom is 0.244 e. The largest absolute Gasteiger partial charge is 0.497 e. The molecule has 1 unspecified atom stereocenters. The summed E-state index contributed by atoms with van der Waals surface area (Å²) in [6.45, 7) is 1.89. The zero-order valence-electron chi connectivity index (χ0n) is 11.7. The number of nitrogens with one attached hydrogen (secondary N) is 1. The molecule has 1 aliphatic rings. The number of rotatable bonds is 2. The second-order valence-electron chi connectivity index (χ2n) is 4.77. The summed E-state index contributed by atoms with van der Waals surface area (Å²) >= 11 is 0. The molecule has 0 saturated carbocycles. The van der Waals surface area contributed by atoms with E-state index in [2.05, 4.69) is 16.3 Å². The summed E-state index contributed by atoms with van der Waals surface area (Å²) in [6, 6.07) is 9.69. The molecule has 6 heteroatoms. The van der Waals surface area contributed by atoms with Gasteiger partial charge in [-0.05, 0) is 24.6 Å². The third-order valence-corrected chi connectivity index (χ3v) is 3.56. The molecule has 0 fully saturated rings. The molecule has 0 bridgehead atoms. The van der Waals surface area contributed by atoms with Gasteiger partial charge in [-0.1, -0.05) is 12.1 Å². The van der Waals surface area contributed by atoms with Gasteiger partial charge < -0.3 is 15.2 Å². The lowest BCUT2D eigenvalue weighted by Gasteiger charge is -2.23. The average molecular weight is 282 g/mol. The van der Waals surface area contributed by atoms with Crippen LogP contribution in [0.15, 0.2) is 35.7 Å². The van der Waals surface area contributed by atoms with Gasteiger partial charge in [-0.15, -0.1) is 5.10 Å². The number of ether oxygens (including phenoxy) is 2. The molecule has 3 N–H and O–H groups in total. The quantitative estimate of drug-likeness (QED) is 0.877. The summed E-state index contributed by atoms with van der Waals surface area (Å²) in [6.07, 6.45) is 0. The number of hydrogen-bond donors (Lipinski definition) is 2. The van der Waals surface area contributed by atoms with Gasteiger partial charge in [0.05, 0.1) is 13.0 Å². The molecule has 106 valence electrons. The molecule has 1 aliphatic heterocycles. The van der Waals surface area contributed by atoms with E-state index in [-0.39, 0.29) is 11.8 Å². The molecule has 0 aliphatic carbocycles. The zero-order chi connectivity index (χ0) is 15.0. The highest BCUT2D eigenvalue weighted by molar-refractivity contribution is 5.55. The van der Waals surface area contributed by atoms with Crippen LogP contribution in [0.4, 0.5) is 0 Å². The van der Waals surface area contributed by atoms with Crippen molar-refractivity contribution in [3.8, 4) is 17.7 Å². The first-order chi connectivity index (χ1) is 10.2. The number of methoxy groups -OCH3 is 1. The Labute approximate surface area is 121 Å². The van der Waals surface area contributed by atoms with Crippen LogP contribution >= 0.6 is 0 Å². The van der Waals surface area contributed by atoms with E-state index in [1.54, 1.807) is 7.11 Å². The summed E-state index contributed by atoms with van der Waals surface area (Å²) < 4.78 is 10.7. The number of hydrogen-bond acceptors (Lipinski definition) is 5. The molecule has 1 aromatic carbocycles. The molecule has 2 heterocycles. The van der Waals surface area contributed by atoms with Gasteiger partial charge in [-0.25, -0.2) is 0 Å². The molecule has 6 nitrogen and oxygen atoms in total. The highest BCUT2D eigenvalue weighted by Gasteiger charge is 2.34. The van der Waals surface area contributed by atoms with E-state index in [9.17, 15) is 5.26 Å². The summed E-state index contributed by atoms with van der Waals surface area (Å²) in [5.74, 6) is 0.909. The molecule has 2 aromatic rings. The van der Waals surface area contributed by atoms with Crippen molar-refractivity contribution in [3.63, 3.8) is 0 Å². The number of aromatic amines is 1. The molecule has 0 saturated heterocycles. The second kappa shape index (κ2) is 4.87. The third-order valence-electron chi connectivity index (χ3n) is 3.56. The van der Waals surface area contributed by atoms with Crippen LogP contribution in [0, 0.1) is 18.3 Å². The number of nitriles is 1. The zero-order valence-corrected chi connectivity index (χ0v) is 11.7. The van der Waals surface area contributed by atoms with Gasteiger partial charge in [0, 0.05) is 11.3 Å². The fourth-order valence-electron chi connectivity index (χ4n) is 2.55. The van der Waals surface area contributed by atoms with E-state index in [1.807, 2.05) is 31.2 Å². The molecule has 0 radical (unpaired) electrons. The number of H-pyrrole nitrogens is 1. The Kier molecular flexibility index (Phi) is 3.03. The fourth-order valence-corrected chi connectivity index (χ4v) is 2.55. The maximum atomic E-state index is 9.44. The summed E-state index contributed by atoms with van der Waals surface area (Å²) in [4.78, 5) is 0. The summed E-state index contributed by atoms with van der Waals surface area (Å²) in [5, 5.41) is 16.4. The van der Waals surface area contributed by atoms with E-state index >= 15 is 0 Å². The Bertz CT molecular complexity index is 770. The lowest BCUT2D eigenvalue weighted by molar-refractivity contribution is 0.378. The first kappa shape index (κ1) is 13.1. The van der Waals surface area contributed by atoms with Crippen molar-refractivity contribution in [2.45, 2.75) is 12.8 Å². The summed E-state index contributed by atoms with van der Waals surface area (Å²) in [7, 11) is 1.60. The lowest BCUT2D eigenvalue weighted by atomic mass is 9.84. The average Bonchev–Trinajstić information content (AvgIpc) is 2.86. The number of nitrogens with two attached hydrogens (primary N) is 1. The molecule has 0 amide bonds. The lowest BCUT2D eigenvalue weighted by Crippen LogP contribution is -2.21.